The van der Waals surface area contributed by atoms with Crippen molar-refractivity contribution < 1.29 is 0 Å². The molecular formula is C13H14N4O2. The van der Waals surface area contributed by atoms with Gasteiger partial charge in [0, 0.05) is 31.5 Å². The molecule has 0 unspecified atom stereocenters. The summed E-state index contributed by atoms with van der Waals surface area (Å²) in [6.45, 7) is 3.44. The van der Waals surface area contributed by atoms with Crippen molar-refractivity contribution in [1.29, 1.82) is 0 Å². The van der Waals surface area contributed by atoms with Gasteiger partial charge in [-0.2, -0.15) is 0 Å². The molecule has 1 saturated heterocycles. The lowest BCUT2D eigenvalue weighted by molar-refractivity contribution is 0.382. The third-order valence-electron chi connectivity index (χ3n) is 3.33. The Morgan fingerprint density at radius 1 is 1.26 bits per heavy atom. The van der Waals surface area contributed by atoms with Crippen molar-refractivity contribution in [2.45, 2.75) is 13.0 Å². The van der Waals surface area contributed by atoms with E-state index in [1.807, 2.05) is 25.3 Å². The zero-order valence-corrected chi connectivity index (χ0v) is 10.5. The van der Waals surface area contributed by atoms with Crippen LogP contribution in [0.25, 0.3) is 0 Å². The summed E-state index contributed by atoms with van der Waals surface area (Å²) >= 11 is 0. The predicted octanol–water partition coefficient (Wildman–Crippen LogP) is 0.301. The molecule has 3 rings (SSSR count). The van der Waals surface area contributed by atoms with Crippen LogP contribution >= 0.6 is 0 Å². The molecule has 1 aliphatic rings. The standard InChI is InChI=1S/C13H14N4O2/c1-9-2-3-11(14-6-9)16-7-10(8-16)17-5-4-12(18)15-13(17)19/h2-6,10H,7-8H2,1H3,(H,15,18,19). The van der Waals surface area contributed by atoms with Gasteiger partial charge in [-0.05, 0) is 18.6 Å². The summed E-state index contributed by atoms with van der Waals surface area (Å²) < 4.78 is 1.56. The largest absolute Gasteiger partial charge is 0.352 e. The van der Waals surface area contributed by atoms with Gasteiger partial charge in [0.2, 0.25) is 0 Å². The molecule has 0 spiro atoms. The van der Waals surface area contributed by atoms with Crippen LogP contribution in [0.1, 0.15) is 11.6 Å². The van der Waals surface area contributed by atoms with Crippen molar-refractivity contribution in [3.8, 4) is 0 Å². The summed E-state index contributed by atoms with van der Waals surface area (Å²) in [6, 6.07) is 5.45. The molecule has 1 fully saturated rings. The molecule has 0 bridgehead atoms. The Hall–Kier alpha value is -2.37. The molecule has 2 aromatic rings. The molecular weight excluding hydrogens is 244 g/mol. The van der Waals surface area contributed by atoms with E-state index in [4.69, 9.17) is 0 Å². The van der Waals surface area contributed by atoms with Gasteiger partial charge in [0.05, 0.1) is 6.04 Å². The second-order valence-corrected chi connectivity index (χ2v) is 4.77. The Bertz CT molecular complexity index is 696. The fourth-order valence-corrected chi connectivity index (χ4v) is 2.18. The monoisotopic (exact) mass is 258 g/mol. The number of anilines is 1. The average Bonchev–Trinajstić information content (AvgIpc) is 2.32. The molecule has 1 aliphatic heterocycles. The third-order valence-corrected chi connectivity index (χ3v) is 3.33. The van der Waals surface area contributed by atoms with Gasteiger partial charge in [-0.1, -0.05) is 6.07 Å². The maximum Gasteiger partial charge on any atom is 0.328 e. The van der Waals surface area contributed by atoms with Crippen LogP contribution in [0.2, 0.25) is 0 Å². The lowest BCUT2D eigenvalue weighted by atomic mass is 10.1. The minimum absolute atomic E-state index is 0.0902. The number of nitrogens with zero attached hydrogens (tertiary/aromatic N) is 3. The molecule has 0 saturated carbocycles. The number of rotatable bonds is 2. The first kappa shape index (κ1) is 11.7. The molecule has 98 valence electrons. The molecule has 19 heavy (non-hydrogen) atoms. The van der Waals surface area contributed by atoms with E-state index >= 15 is 0 Å². The Morgan fingerprint density at radius 2 is 2.05 bits per heavy atom. The minimum atomic E-state index is -0.363. The van der Waals surface area contributed by atoms with Crippen LogP contribution in [0.3, 0.4) is 0 Å². The Labute approximate surface area is 109 Å². The molecule has 6 heteroatoms. The van der Waals surface area contributed by atoms with Crippen molar-refractivity contribution in [2.75, 3.05) is 18.0 Å². The minimum Gasteiger partial charge on any atom is -0.352 e. The topological polar surface area (TPSA) is 71.0 Å². The maximum atomic E-state index is 11.6. The van der Waals surface area contributed by atoms with Gasteiger partial charge < -0.3 is 4.90 Å². The highest BCUT2D eigenvalue weighted by Gasteiger charge is 2.29. The lowest BCUT2D eigenvalue weighted by Crippen LogP contribution is -2.51. The highest BCUT2D eigenvalue weighted by Crippen LogP contribution is 2.24. The molecule has 0 radical (unpaired) electrons. The van der Waals surface area contributed by atoms with Crippen LogP contribution in [-0.2, 0) is 0 Å². The first-order valence-electron chi connectivity index (χ1n) is 6.12. The number of pyridine rings is 1. The van der Waals surface area contributed by atoms with Crippen molar-refractivity contribution in [3.05, 3.63) is 57.0 Å². The fourth-order valence-electron chi connectivity index (χ4n) is 2.18. The van der Waals surface area contributed by atoms with Gasteiger partial charge in [0.1, 0.15) is 5.82 Å². The van der Waals surface area contributed by atoms with Crippen molar-refractivity contribution in [3.63, 3.8) is 0 Å². The van der Waals surface area contributed by atoms with E-state index in [0.29, 0.717) is 0 Å². The number of nitrogens with one attached hydrogen (secondary N) is 1. The number of aromatic nitrogens is 3. The highest BCUT2D eigenvalue weighted by molar-refractivity contribution is 5.42. The molecule has 3 heterocycles. The SMILES string of the molecule is Cc1ccc(N2CC(n3ccc(=O)[nH]c3=O)C2)nc1. The van der Waals surface area contributed by atoms with Gasteiger partial charge >= 0.3 is 5.69 Å². The van der Waals surface area contributed by atoms with Crippen LogP contribution in [0.4, 0.5) is 5.82 Å². The maximum absolute atomic E-state index is 11.6. The van der Waals surface area contributed by atoms with E-state index in [1.165, 1.54) is 6.07 Å². The number of aromatic amines is 1. The van der Waals surface area contributed by atoms with Gasteiger partial charge in [0.15, 0.2) is 0 Å². The Kier molecular flexibility index (Phi) is 2.70. The van der Waals surface area contributed by atoms with Gasteiger partial charge in [-0.25, -0.2) is 9.78 Å². The van der Waals surface area contributed by atoms with Crippen LogP contribution in [-0.4, -0.2) is 27.6 Å². The van der Waals surface area contributed by atoms with Crippen LogP contribution in [0, 0.1) is 6.92 Å². The van der Waals surface area contributed by atoms with E-state index in [9.17, 15) is 9.59 Å². The van der Waals surface area contributed by atoms with Crippen molar-refractivity contribution >= 4 is 5.82 Å². The number of H-pyrrole nitrogens is 1. The summed E-state index contributed by atoms with van der Waals surface area (Å²) in [5, 5.41) is 0. The molecule has 0 aliphatic carbocycles. The summed E-state index contributed by atoms with van der Waals surface area (Å²) in [6.07, 6.45) is 3.38. The predicted molar refractivity (Wildman–Crippen MR) is 71.5 cm³/mol. The zero-order valence-electron chi connectivity index (χ0n) is 10.5. The first-order chi connectivity index (χ1) is 9.13. The van der Waals surface area contributed by atoms with E-state index < -0.39 is 0 Å². The van der Waals surface area contributed by atoms with Crippen LogP contribution in [0.5, 0.6) is 0 Å². The summed E-state index contributed by atoms with van der Waals surface area (Å²) in [7, 11) is 0. The van der Waals surface area contributed by atoms with Crippen molar-refractivity contribution in [2.24, 2.45) is 0 Å². The summed E-state index contributed by atoms with van der Waals surface area (Å²) in [4.78, 5) is 31.3. The Morgan fingerprint density at radius 3 is 2.68 bits per heavy atom. The summed E-state index contributed by atoms with van der Waals surface area (Å²) in [5.41, 5.74) is 0.407. The fraction of sp³-hybridized carbons (Fsp3) is 0.308. The van der Waals surface area contributed by atoms with Crippen molar-refractivity contribution in [1.82, 2.24) is 14.5 Å². The quantitative estimate of drug-likeness (QED) is 0.841. The van der Waals surface area contributed by atoms with E-state index in [0.717, 1.165) is 24.5 Å². The molecule has 0 aromatic carbocycles. The zero-order chi connectivity index (χ0) is 13.4. The molecule has 6 nitrogen and oxygen atoms in total. The second-order valence-electron chi connectivity index (χ2n) is 4.77. The smallest absolute Gasteiger partial charge is 0.328 e. The van der Waals surface area contributed by atoms with Gasteiger partial charge in [-0.15, -0.1) is 0 Å². The lowest BCUT2D eigenvalue weighted by Gasteiger charge is -2.40. The van der Waals surface area contributed by atoms with E-state index in [-0.39, 0.29) is 17.3 Å². The molecule has 0 amide bonds. The third kappa shape index (κ3) is 2.16. The normalized spacial score (nSPS) is 15.3. The number of hydrogen-bond acceptors (Lipinski definition) is 4. The number of aryl methyl sites for hydroxylation is 1. The summed E-state index contributed by atoms with van der Waals surface area (Å²) in [5.74, 6) is 0.916. The van der Waals surface area contributed by atoms with E-state index in [1.54, 1.807) is 10.8 Å². The molecule has 1 N–H and O–H groups in total. The number of hydrogen-bond donors (Lipinski definition) is 1. The Balaban J connectivity index is 1.74. The van der Waals surface area contributed by atoms with Gasteiger partial charge in [0.25, 0.3) is 5.56 Å². The molecule has 0 atom stereocenters. The van der Waals surface area contributed by atoms with Crippen LogP contribution < -0.4 is 16.1 Å². The average molecular weight is 258 g/mol. The first-order valence-corrected chi connectivity index (χ1v) is 6.12. The molecule has 2 aromatic heterocycles. The second kappa shape index (κ2) is 4.38. The highest BCUT2D eigenvalue weighted by atomic mass is 16.2. The van der Waals surface area contributed by atoms with Crippen LogP contribution in [0.15, 0.2) is 40.2 Å². The van der Waals surface area contributed by atoms with Gasteiger partial charge in [-0.3, -0.25) is 14.3 Å². The van der Waals surface area contributed by atoms with E-state index in [2.05, 4.69) is 14.9 Å².